The number of alkyl halides is 3. The molecule has 0 amide bonds. The van der Waals surface area contributed by atoms with Gasteiger partial charge in [-0.15, -0.1) is 11.8 Å². The fourth-order valence-electron chi connectivity index (χ4n) is 1.05. The highest BCUT2D eigenvalue weighted by Crippen LogP contribution is 2.32. The van der Waals surface area contributed by atoms with E-state index in [4.69, 9.17) is 5.21 Å². The molecular formula is C9H9F4NOS. The van der Waals surface area contributed by atoms with Gasteiger partial charge in [0, 0.05) is 4.90 Å². The van der Waals surface area contributed by atoms with Gasteiger partial charge in [-0.2, -0.15) is 13.2 Å². The molecule has 1 aromatic rings. The molecule has 0 atom stereocenters. The summed E-state index contributed by atoms with van der Waals surface area (Å²) in [6.07, 6.45) is -4.28. The lowest BCUT2D eigenvalue weighted by molar-refractivity contribution is -0.105. The van der Waals surface area contributed by atoms with Gasteiger partial charge in [-0.25, -0.2) is 4.39 Å². The number of anilines is 1. The Bertz CT molecular complexity index is 381. The Hall–Kier alpha value is -0.950. The van der Waals surface area contributed by atoms with Crippen molar-refractivity contribution in [2.24, 2.45) is 0 Å². The number of halogens is 4. The van der Waals surface area contributed by atoms with Crippen molar-refractivity contribution >= 4 is 17.4 Å². The Morgan fingerprint density at radius 1 is 1.38 bits per heavy atom. The van der Waals surface area contributed by atoms with Crippen molar-refractivity contribution in [3.8, 4) is 0 Å². The zero-order chi connectivity index (χ0) is 12.3. The number of rotatable bonds is 3. The van der Waals surface area contributed by atoms with Crippen LogP contribution in [-0.2, 0) is 0 Å². The van der Waals surface area contributed by atoms with Crippen molar-refractivity contribution in [3.63, 3.8) is 0 Å². The summed E-state index contributed by atoms with van der Waals surface area (Å²) in [6, 6.07) is 2.21. The number of hydrogen-bond donors (Lipinski definition) is 2. The average Bonchev–Trinajstić information content (AvgIpc) is 2.15. The minimum absolute atomic E-state index is 0.240. The predicted molar refractivity (Wildman–Crippen MR) is 53.3 cm³/mol. The summed E-state index contributed by atoms with van der Waals surface area (Å²) in [7, 11) is 0. The number of thioether (sulfide) groups is 1. The maximum atomic E-state index is 13.1. The molecule has 1 rings (SSSR count). The van der Waals surface area contributed by atoms with Gasteiger partial charge < -0.3 is 0 Å². The van der Waals surface area contributed by atoms with E-state index in [9.17, 15) is 17.6 Å². The molecule has 0 bridgehead atoms. The van der Waals surface area contributed by atoms with Crippen LogP contribution in [0.3, 0.4) is 0 Å². The highest BCUT2D eigenvalue weighted by atomic mass is 32.2. The molecule has 0 unspecified atom stereocenters. The summed E-state index contributed by atoms with van der Waals surface area (Å²) in [5.74, 6) is -1.76. The fourth-order valence-corrected chi connectivity index (χ4v) is 1.86. The third-order valence-electron chi connectivity index (χ3n) is 1.78. The molecular weight excluding hydrogens is 246 g/mol. The zero-order valence-corrected chi connectivity index (χ0v) is 9.05. The Labute approximate surface area is 93.6 Å². The molecule has 0 heterocycles. The minimum atomic E-state index is -4.28. The molecule has 0 radical (unpaired) electrons. The summed E-state index contributed by atoms with van der Waals surface area (Å²) in [6.45, 7) is 1.50. The second-order valence-electron chi connectivity index (χ2n) is 3.11. The maximum Gasteiger partial charge on any atom is 0.398 e. The summed E-state index contributed by atoms with van der Waals surface area (Å²) < 4.78 is 49.0. The number of hydrogen-bond acceptors (Lipinski definition) is 3. The Morgan fingerprint density at radius 2 is 2.00 bits per heavy atom. The summed E-state index contributed by atoms with van der Waals surface area (Å²) in [5.41, 5.74) is 1.74. The SMILES string of the molecule is Cc1cc(F)c(NO)cc1SCC(F)(F)F. The molecule has 0 spiro atoms. The Kier molecular flexibility index (Phi) is 4.03. The summed E-state index contributed by atoms with van der Waals surface area (Å²) in [4.78, 5) is 0.273. The molecule has 0 aliphatic carbocycles. The van der Waals surface area contributed by atoms with Gasteiger partial charge in [0.15, 0.2) is 0 Å². The normalized spacial score (nSPS) is 11.6. The lowest BCUT2D eigenvalue weighted by Gasteiger charge is -2.10. The Balaban J connectivity index is 2.88. The van der Waals surface area contributed by atoms with E-state index in [1.165, 1.54) is 6.92 Å². The molecule has 0 saturated heterocycles. The van der Waals surface area contributed by atoms with Crippen molar-refractivity contribution in [2.75, 3.05) is 11.2 Å². The van der Waals surface area contributed by atoms with Gasteiger partial charge in [0.25, 0.3) is 0 Å². The molecule has 1 aromatic carbocycles. The van der Waals surface area contributed by atoms with E-state index < -0.39 is 17.7 Å². The smallest absolute Gasteiger partial charge is 0.291 e. The van der Waals surface area contributed by atoms with Crippen molar-refractivity contribution in [3.05, 3.63) is 23.5 Å². The minimum Gasteiger partial charge on any atom is -0.291 e. The highest BCUT2D eigenvalue weighted by molar-refractivity contribution is 7.99. The molecule has 0 saturated carbocycles. The van der Waals surface area contributed by atoms with Crippen LogP contribution in [0, 0.1) is 12.7 Å². The van der Waals surface area contributed by atoms with E-state index in [0.29, 0.717) is 17.3 Å². The van der Waals surface area contributed by atoms with E-state index in [2.05, 4.69) is 0 Å². The van der Waals surface area contributed by atoms with Crippen LogP contribution in [0.1, 0.15) is 5.56 Å². The van der Waals surface area contributed by atoms with Crippen LogP contribution < -0.4 is 5.48 Å². The van der Waals surface area contributed by atoms with E-state index >= 15 is 0 Å². The first-order valence-electron chi connectivity index (χ1n) is 4.23. The largest absolute Gasteiger partial charge is 0.398 e. The van der Waals surface area contributed by atoms with Crippen molar-refractivity contribution in [1.82, 2.24) is 0 Å². The van der Waals surface area contributed by atoms with E-state index in [1.807, 2.05) is 0 Å². The fraction of sp³-hybridized carbons (Fsp3) is 0.333. The third-order valence-corrected chi connectivity index (χ3v) is 3.00. The first kappa shape index (κ1) is 13.1. The second kappa shape index (κ2) is 4.92. The monoisotopic (exact) mass is 255 g/mol. The first-order valence-corrected chi connectivity index (χ1v) is 5.22. The molecule has 2 N–H and O–H groups in total. The molecule has 0 aliphatic rings. The highest BCUT2D eigenvalue weighted by Gasteiger charge is 2.27. The van der Waals surface area contributed by atoms with Crippen LogP contribution in [0.4, 0.5) is 23.2 Å². The molecule has 0 aromatic heterocycles. The van der Waals surface area contributed by atoms with Crippen molar-refractivity contribution in [1.29, 1.82) is 0 Å². The molecule has 90 valence electrons. The van der Waals surface area contributed by atoms with Gasteiger partial charge in [0.05, 0.1) is 11.4 Å². The van der Waals surface area contributed by atoms with E-state index in [1.54, 1.807) is 5.48 Å². The molecule has 0 aliphatic heterocycles. The lowest BCUT2D eigenvalue weighted by atomic mass is 10.2. The quantitative estimate of drug-likeness (QED) is 0.492. The average molecular weight is 255 g/mol. The second-order valence-corrected chi connectivity index (χ2v) is 4.13. The van der Waals surface area contributed by atoms with Crippen molar-refractivity contribution < 1.29 is 22.8 Å². The van der Waals surface area contributed by atoms with Gasteiger partial charge in [0.2, 0.25) is 0 Å². The summed E-state index contributed by atoms with van der Waals surface area (Å²) in [5, 5.41) is 8.54. The van der Waals surface area contributed by atoms with Gasteiger partial charge >= 0.3 is 6.18 Å². The van der Waals surface area contributed by atoms with Crippen LogP contribution in [-0.4, -0.2) is 17.1 Å². The maximum absolute atomic E-state index is 13.1. The van der Waals surface area contributed by atoms with Gasteiger partial charge in [0.1, 0.15) is 5.82 Å². The molecule has 16 heavy (non-hydrogen) atoms. The van der Waals surface area contributed by atoms with Gasteiger partial charge in [-0.05, 0) is 24.6 Å². The zero-order valence-electron chi connectivity index (χ0n) is 8.23. The molecule has 7 heteroatoms. The van der Waals surface area contributed by atoms with Crippen LogP contribution in [0.25, 0.3) is 0 Å². The topological polar surface area (TPSA) is 32.3 Å². The van der Waals surface area contributed by atoms with E-state index in [0.717, 1.165) is 12.1 Å². The van der Waals surface area contributed by atoms with Crippen LogP contribution in [0.5, 0.6) is 0 Å². The number of aryl methyl sites for hydroxylation is 1. The third kappa shape index (κ3) is 3.57. The van der Waals surface area contributed by atoms with Crippen LogP contribution in [0.2, 0.25) is 0 Å². The van der Waals surface area contributed by atoms with Crippen LogP contribution >= 0.6 is 11.8 Å². The predicted octanol–water partition coefficient (Wildman–Crippen LogP) is 3.59. The van der Waals surface area contributed by atoms with E-state index in [-0.39, 0.29) is 10.6 Å². The van der Waals surface area contributed by atoms with Gasteiger partial charge in [-0.1, -0.05) is 0 Å². The van der Waals surface area contributed by atoms with Crippen molar-refractivity contribution in [2.45, 2.75) is 18.0 Å². The number of nitrogens with one attached hydrogen (secondary N) is 1. The van der Waals surface area contributed by atoms with Crippen LogP contribution in [0.15, 0.2) is 17.0 Å². The van der Waals surface area contributed by atoms with Gasteiger partial charge in [-0.3, -0.25) is 10.7 Å². The standard InChI is InChI=1S/C9H9F4NOS/c1-5-2-6(10)7(14-15)3-8(5)16-4-9(11,12)13/h2-3,14-15H,4H2,1H3. The number of benzene rings is 1. The molecule has 0 fully saturated rings. The summed E-state index contributed by atoms with van der Waals surface area (Å²) >= 11 is 0.549. The Morgan fingerprint density at radius 3 is 2.50 bits per heavy atom. The molecule has 2 nitrogen and oxygen atoms in total. The first-order chi connectivity index (χ1) is 7.33. The lowest BCUT2D eigenvalue weighted by Crippen LogP contribution is -2.10.